The highest BCUT2D eigenvalue weighted by Gasteiger charge is 2.45. The van der Waals surface area contributed by atoms with Crippen molar-refractivity contribution >= 4 is 88.9 Å². The molecule has 11 atom stereocenters. The fourth-order valence-corrected chi connectivity index (χ4v) is 10.6. The summed E-state index contributed by atoms with van der Waals surface area (Å²) in [6.07, 6.45) is -1.19. The third-order valence-electron chi connectivity index (χ3n) is 18.1. The van der Waals surface area contributed by atoms with Gasteiger partial charge in [-0.3, -0.25) is 62.3 Å². The Morgan fingerprint density at radius 1 is 0.352 bits per heavy atom. The van der Waals surface area contributed by atoms with Gasteiger partial charge in [-0.05, 0) is 144 Å². The van der Waals surface area contributed by atoms with Crippen molar-refractivity contribution in [2.45, 2.75) is 301 Å². The number of hydrogen-bond donors (Lipinski definition) is 14. The van der Waals surface area contributed by atoms with Crippen molar-refractivity contribution < 1.29 is 86.1 Å². The molecule has 0 heterocycles. The summed E-state index contributed by atoms with van der Waals surface area (Å²) in [5, 5.41) is 37.2. The van der Waals surface area contributed by atoms with Crippen LogP contribution >= 0.6 is 0 Å². The molecule has 0 fully saturated rings. The molecule has 0 spiro atoms. The van der Waals surface area contributed by atoms with Gasteiger partial charge in [0.15, 0.2) is 0 Å². The molecule has 0 radical (unpaired) electrons. The summed E-state index contributed by atoms with van der Waals surface area (Å²) in [4.78, 5) is 208. The molecule has 14 N–H and O–H groups in total. The van der Waals surface area contributed by atoms with Gasteiger partial charge in [-0.25, -0.2) is 9.59 Å². The van der Waals surface area contributed by atoms with Crippen LogP contribution in [0.2, 0.25) is 0 Å². The first-order valence-electron chi connectivity index (χ1n) is 37.1. The molecule has 0 bridgehead atoms. The maximum atomic E-state index is 14.8. The molecule has 0 aliphatic carbocycles. The molecular weight excluding hydrogens is 1400 g/mol. The van der Waals surface area contributed by atoms with Gasteiger partial charge in [0.2, 0.25) is 76.8 Å². The van der Waals surface area contributed by atoms with Crippen LogP contribution in [0.3, 0.4) is 0 Å². The van der Waals surface area contributed by atoms with Gasteiger partial charge in [0, 0.05) is 0 Å². The lowest BCUT2D eigenvalue weighted by atomic mass is 9.94. The summed E-state index contributed by atoms with van der Waals surface area (Å²) < 4.78 is 16.3. The lowest BCUT2D eigenvalue weighted by Crippen LogP contribution is -2.66. The van der Waals surface area contributed by atoms with Gasteiger partial charge in [-0.1, -0.05) is 140 Å². The first kappa shape index (κ1) is 97.0. The number of carbonyl (C=O) groups excluding carboxylic acids is 15. The van der Waals surface area contributed by atoms with Crippen LogP contribution in [-0.2, 0) is 87.9 Å². The standard InChI is InChI=1S/C76H130N14O18/c1-30-44(13)54(80-58(93)50(40(5)6)78-59(94)51(41(7)8)83-65(100)72(19,20)86-48(91)37-77-57(92)49(39(3)4)82-68(103)75(25,26)90-70(105)108-71(16,17)18)63(98)88-74(23,24)67(102)85-56(46(15)107-38-47-35-33-32-34-36-47)61(96)79-53(43(11)12)62(97)87-73(21,22)66(101)84-52(42(9)10)60(95)81-55(45(14)31-2)64(99)89-76(27,28)69(104)106-29/h32-36,39-46,49-56H,30-31,37-38H2,1-29H3,(H,77,92)(H,78,94)(H,79,96)(H,80,93)(H,81,95)(H,82,103)(H,83,100)(H,84,101)(H,85,102)(H,86,91)(H,87,97)(H,88,98)(H,89,99)(H,90,105)/t44-,45-,46+,49-,50-,51-,52-,53-,54-,55-,56-/m0/s1. The first-order valence-corrected chi connectivity index (χ1v) is 37.1. The topological polar surface area (TPSA) is 452 Å². The number of methoxy groups -OCH3 is 1. The average Bonchev–Trinajstić information content (AvgIpc) is 0.841. The van der Waals surface area contributed by atoms with Crippen molar-refractivity contribution in [3.63, 3.8) is 0 Å². The maximum Gasteiger partial charge on any atom is 0.408 e. The Hall–Kier alpha value is -8.97. The predicted octanol–water partition coefficient (Wildman–Crippen LogP) is 3.01. The minimum atomic E-state index is -1.85. The van der Waals surface area contributed by atoms with Crippen LogP contribution in [0.15, 0.2) is 30.3 Å². The summed E-state index contributed by atoms with van der Waals surface area (Å²) in [7, 11) is 1.18. The zero-order valence-corrected chi connectivity index (χ0v) is 69.3. The third-order valence-corrected chi connectivity index (χ3v) is 18.1. The lowest BCUT2D eigenvalue weighted by Gasteiger charge is -2.35. The number of carbonyl (C=O) groups is 15. The molecule has 32 heteroatoms. The van der Waals surface area contributed by atoms with Crippen LogP contribution in [0.5, 0.6) is 0 Å². The lowest BCUT2D eigenvalue weighted by molar-refractivity contribution is -0.150. The van der Waals surface area contributed by atoms with E-state index >= 15 is 0 Å². The number of amides is 14. The van der Waals surface area contributed by atoms with E-state index < -0.39 is 225 Å². The smallest absolute Gasteiger partial charge is 0.408 e. The summed E-state index contributed by atoms with van der Waals surface area (Å²) >= 11 is 0. The maximum absolute atomic E-state index is 14.8. The van der Waals surface area contributed by atoms with Gasteiger partial charge in [0.1, 0.15) is 81.6 Å². The fraction of sp³-hybridized carbons (Fsp3) is 0.724. The second-order valence-electron chi connectivity index (χ2n) is 33.2. The number of hydrogen-bond acceptors (Lipinski definition) is 18. The summed E-state index contributed by atoms with van der Waals surface area (Å²) in [5.74, 6) is -14.9. The monoisotopic (exact) mass is 1530 g/mol. The van der Waals surface area contributed by atoms with Crippen LogP contribution < -0.4 is 74.4 Å². The average molecular weight is 1530 g/mol. The van der Waals surface area contributed by atoms with Crippen molar-refractivity contribution in [3.05, 3.63) is 35.9 Å². The minimum absolute atomic E-state index is 0.0255. The summed E-state index contributed by atoms with van der Waals surface area (Å²) in [6.45, 7) is 43.4. The van der Waals surface area contributed by atoms with Gasteiger partial charge in [0.25, 0.3) is 0 Å². The van der Waals surface area contributed by atoms with E-state index in [0.29, 0.717) is 12.8 Å². The van der Waals surface area contributed by atoms with E-state index in [4.69, 9.17) is 14.2 Å². The largest absolute Gasteiger partial charge is 0.467 e. The Labute approximate surface area is 638 Å². The molecule has 0 aliphatic heterocycles. The van der Waals surface area contributed by atoms with E-state index in [1.807, 2.05) is 6.92 Å². The Morgan fingerprint density at radius 2 is 0.648 bits per heavy atom. The number of nitrogens with one attached hydrogen (secondary N) is 14. The van der Waals surface area contributed by atoms with Crippen molar-refractivity contribution in [1.82, 2.24) is 74.4 Å². The van der Waals surface area contributed by atoms with E-state index in [-0.39, 0.29) is 6.61 Å². The zero-order valence-electron chi connectivity index (χ0n) is 69.3. The van der Waals surface area contributed by atoms with Gasteiger partial charge in [-0.2, -0.15) is 0 Å². The Morgan fingerprint density at radius 3 is 1.00 bits per heavy atom. The Balaban J connectivity index is 3.47. The van der Waals surface area contributed by atoms with Crippen molar-refractivity contribution in [3.8, 4) is 0 Å². The number of benzene rings is 1. The number of rotatable bonds is 41. The van der Waals surface area contributed by atoms with Crippen molar-refractivity contribution in [1.29, 1.82) is 0 Å². The highest BCUT2D eigenvalue weighted by Crippen LogP contribution is 2.20. The number of alkyl carbamates (subject to hydrolysis) is 1. The van der Waals surface area contributed by atoms with Gasteiger partial charge in [-0.15, -0.1) is 0 Å². The van der Waals surface area contributed by atoms with Crippen LogP contribution in [0.4, 0.5) is 4.79 Å². The van der Waals surface area contributed by atoms with Gasteiger partial charge >= 0.3 is 12.1 Å². The van der Waals surface area contributed by atoms with Gasteiger partial charge in [0.05, 0.1) is 26.4 Å². The third kappa shape index (κ3) is 30.6. The Kier molecular flexibility index (Phi) is 37.3. The molecule has 1 aromatic rings. The van der Waals surface area contributed by atoms with Crippen LogP contribution in [-0.4, -0.2) is 190 Å². The number of ether oxygens (including phenoxy) is 3. The second-order valence-corrected chi connectivity index (χ2v) is 33.2. The normalized spacial score (nSPS) is 15.3. The SMILES string of the molecule is CC[C@H](C)[C@H](NC(=O)[C@@H](NC(=O)[C@@H](NC(=O)C(C)(C)NC(=O)CNC(=O)[C@@H](NC(=O)C(C)(C)NC(=O)OC(C)(C)C)C(C)C)C(C)C)C(C)C)C(=O)NC(C)(C)C(=O)N[C@H](C(=O)N[C@H](C(=O)NC(C)(C)C(=O)N[C@H](C(=O)N[C@H](C(=O)NC(C)(C)C(=O)OC)[C@@H](C)CC)C(C)C)C(C)C)[C@@H](C)OCc1ccccc1. The second kappa shape index (κ2) is 41.6. The molecule has 108 heavy (non-hydrogen) atoms. The molecule has 0 aromatic heterocycles. The zero-order chi connectivity index (χ0) is 83.9. The van der Waals surface area contributed by atoms with Crippen molar-refractivity contribution in [2.75, 3.05) is 13.7 Å². The first-order chi connectivity index (χ1) is 49.3. The molecule has 0 aliphatic rings. The van der Waals surface area contributed by atoms with E-state index in [1.165, 1.54) is 83.3 Å². The van der Waals surface area contributed by atoms with E-state index in [9.17, 15) is 71.9 Å². The highest BCUT2D eigenvalue weighted by molar-refractivity contribution is 6.02. The predicted molar refractivity (Wildman–Crippen MR) is 407 cm³/mol. The molecule has 1 aromatic carbocycles. The highest BCUT2D eigenvalue weighted by atomic mass is 16.6. The quantitative estimate of drug-likeness (QED) is 0.0419. The van der Waals surface area contributed by atoms with Crippen LogP contribution in [0.25, 0.3) is 0 Å². The van der Waals surface area contributed by atoms with E-state index in [0.717, 1.165) is 5.56 Å². The van der Waals surface area contributed by atoms with Crippen molar-refractivity contribution in [2.24, 2.45) is 41.4 Å². The van der Waals surface area contributed by atoms with E-state index in [2.05, 4.69) is 74.4 Å². The molecule has 14 amide bonds. The number of esters is 1. The molecule has 32 nitrogen and oxygen atoms in total. The van der Waals surface area contributed by atoms with Crippen LogP contribution in [0.1, 0.15) is 212 Å². The van der Waals surface area contributed by atoms with E-state index in [1.54, 1.807) is 141 Å². The molecular formula is C76H130N14O18. The van der Waals surface area contributed by atoms with Crippen LogP contribution in [0, 0.1) is 41.4 Å². The fourth-order valence-electron chi connectivity index (χ4n) is 10.6. The molecule has 612 valence electrons. The summed E-state index contributed by atoms with van der Waals surface area (Å²) in [6, 6.07) is -1.45. The van der Waals surface area contributed by atoms with Gasteiger partial charge < -0.3 is 88.6 Å². The molecule has 0 unspecified atom stereocenters. The molecule has 0 saturated carbocycles. The molecule has 0 saturated heterocycles. The summed E-state index contributed by atoms with van der Waals surface area (Å²) in [5.41, 5.74) is -8.38. The Bertz CT molecular complexity index is 3310. The molecule has 1 rings (SSSR count). The minimum Gasteiger partial charge on any atom is -0.467 e.